The molecule has 1 aliphatic heterocycles. The summed E-state index contributed by atoms with van der Waals surface area (Å²) in [6, 6.07) is 4.45. The number of benzene rings is 1. The van der Waals surface area contributed by atoms with Crippen LogP contribution in [0.3, 0.4) is 0 Å². The zero-order chi connectivity index (χ0) is 14.9. The maximum Gasteiger partial charge on any atom is 0.304 e. The minimum atomic E-state index is -3.73. The van der Waals surface area contributed by atoms with E-state index in [4.69, 9.17) is 5.11 Å². The van der Waals surface area contributed by atoms with Gasteiger partial charge in [-0.05, 0) is 25.1 Å². The Hall–Kier alpha value is -1.54. The second-order valence-electron chi connectivity index (χ2n) is 4.45. The Balaban J connectivity index is 2.36. The fourth-order valence-corrected chi connectivity index (χ4v) is 3.98. The van der Waals surface area contributed by atoms with Gasteiger partial charge < -0.3 is 10.4 Å². The number of nitrogens with one attached hydrogen (secondary N) is 1. The van der Waals surface area contributed by atoms with Crippen LogP contribution in [0.4, 0.5) is 5.69 Å². The smallest absolute Gasteiger partial charge is 0.304 e. The van der Waals surface area contributed by atoms with Crippen LogP contribution in [0.5, 0.6) is 0 Å². The number of aliphatic carboxylic acids is 1. The Morgan fingerprint density at radius 3 is 2.85 bits per heavy atom. The highest BCUT2D eigenvalue weighted by atomic mass is 32.2. The van der Waals surface area contributed by atoms with E-state index in [9.17, 15) is 18.0 Å². The average molecular weight is 315 g/mol. The van der Waals surface area contributed by atoms with Crippen LogP contribution >= 0.6 is 11.8 Å². The van der Waals surface area contributed by atoms with E-state index in [1.54, 1.807) is 6.07 Å². The molecule has 108 valence electrons. The molecule has 2 rings (SSSR count). The van der Waals surface area contributed by atoms with E-state index < -0.39 is 27.5 Å². The summed E-state index contributed by atoms with van der Waals surface area (Å²) >= 11 is 1.33. The fourth-order valence-electron chi connectivity index (χ4n) is 1.83. The van der Waals surface area contributed by atoms with E-state index in [0.29, 0.717) is 11.4 Å². The first-order valence-electron chi connectivity index (χ1n) is 5.83. The van der Waals surface area contributed by atoms with Crippen LogP contribution in [0.1, 0.15) is 13.3 Å². The van der Waals surface area contributed by atoms with Crippen molar-refractivity contribution in [1.29, 1.82) is 0 Å². The fraction of sp³-hybridized carbons (Fsp3) is 0.333. The lowest BCUT2D eigenvalue weighted by Crippen LogP contribution is -2.23. The van der Waals surface area contributed by atoms with Crippen molar-refractivity contribution < 1.29 is 23.1 Å². The second kappa shape index (κ2) is 5.45. The molecule has 0 bridgehead atoms. The van der Waals surface area contributed by atoms with E-state index in [1.807, 2.05) is 0 Å². The SMILES string of the molecule is C[C@@H](CC(=O)O)S(=O)(=O)c1ccc2c(c1)NC(=O)CS2. The van der Waals surface area contributed by atoms with Crippen LogP contribution in [0.2, 0.25) is 0 Å². The minimum absolute atomic E-state index is 0.0211. The van der Waals surface area contributed by atoms with Crippen molar-refractivity contribution in [2.24, 2.45) is 0 Å². The van der Waals surface area contributed by atoms with Gasteiger partial charge in [-0.2, -0.15) is 0 Å². The molecule has 2 N–H and O–H groups in total. The van der Waals surface area contributed by atoms with Crippen LogP contribution < -0.4 is 5.32 Å². The zero-order valence-electron chi connectivity index (χ0n) is 10.6. The first-order chi connectivity index (χ1) is 9.30. The standard InChI is InChI=1S/C12H13NO5S2/c1-7(4-12(15)16)20(17,18)8-2-3-10-9(5-8)13-11(14)6-19-10/h2-3,5,7H,4,6H2,1H3,(H,13,14)(H,15,16)/t7-/m0/s1. The topological polar surface area (TPSA) is 101 Å². The van der Waals surface area contributed by atoms with Crippen molar-refractivity contribution >= 4 is 39.2 Å². The van der Waals surface area contributed by atoms with Crippen molar-refractivity contribution in [3.8, 4) is 0 Å². The van der Waals surface area contributed by atoms with E-state index in [-0.39, 0.29) is 10.8 Å². The molecule has 1 heterocycles. The summed E-state index contributed by atoms with van der Waals surface area (Å²) in [6.07, 6.45) is -0.458. The average Bonchev–Trinajstić information content (AvgIpc) is 2.36. The Morgan fingerprint density at radius 1 is 1.50 bits per heavy atom. The molecule has 0 saturated heterocycles. The number of rotatable bonds is 4. The van der Waals surface area contributed by atoms with Gasteiger partial charge in [-0.1, -0.05) is 0 Å². The summed E-state index contributed by atoms with van der Waals surface area (Å²) in [7, 11) is -3.73. The van der Waals surface area contributed by atoms with Crippen LogP contribution in [-0.4, -0.2) is 36.4 Å². The normalized spacial score (nSPS) is 16.1. The van der Waals surface area contributed by atoms with Crippen LogP contribution in [0.25, 0.3) is 0 Å². The summed E-state index contributed by atoms with van der Waals surface area (Å²) < 4.78 is 24.5. The summed E-state index contributed by atoms with van der Waals surface area (Å²) in [5.74, 6) is -1.05. The Bertz CT molecular complexity index is 668. The maximum absolute atomic E-state index is 12.3. The molecule has 6 nitrogen and oxygen atoms in total. The largest absolute Gasteiger partial charge is 0.481 e. The molecule has 1 atom stereocenters. The molecule has 0 unspecified atom stereocenters. The highest BCUT2D eigenvalue weighted by Crippen LogP contribution is 2.34. The molecule has 1 amide bonds. The summed E-state index contributed by atoms with van der Waals surface area (Å²) in [6.45, 7) is 1.36. The molecule has 0 fully saturated rings. The monoisotopic (exact) mass is 315 g/mol. The lowest BCUT2D eigenvalue weighted by molar-refractivity contribution is -0.136. The second-order valence-corrected chi connectivity index (χ2v) is 7.83. The van der Waals surface area contributed by atoms with Crippen molar-refractivity contribution in [2.45, 2.75) is 28.4 Å². The van der Waals surface area contributed by atoms with Gasteiger partial charge >= 0.3 is 5.97 Å². The molecular formula is C12H13NO5S2. The first kappa shape index (κ1) is 14.9. The molecule has 0 aliphatic carbocycles. The summed E-state index contributed by atoms with van der Waals surface area (Å²) in [5, 5.41) is 10.3. The number of sulfone groups is 1. The third-order valence-corrected chi connectivity index (χ3v) is 6.11. The van der Waals surface area contributed by atoms with Gasteiger partial charge in [0.2, 0.25) is 5.91 Å². The molecule has 0 spiro atoms. The van der Waals surface area contributed by atoms with Crippen molar-refractivity contribution in [1.82, 2.24) is 0 Å². The Kier molecular flexibility index (Phi) is 4.05. The Labute approximate surface area is 120 Å². The molecule has 1 aromatic carbocycles. The van der Waals surface area contributed by atoms with E-state index in [0.717, 1.165) is 4.90 Å². The van der Waals surface area contributed by atoms with Gasteiger partial charge in [-0.15, -0.1) is 11.8 Å². The van der Waals surface area contributed by atoms with Crippen LogP contribution in [-0.2, 0) is 19.4 Å². The van der Waals surface area contributed by atoms with Gasteiger partial charge in [0, 0.05) is 4.90 Å². The number of carboxylic acid groups (broad SMARTS) is 1. The minimum Gasteiger partial charge on any atom is -0.481 e. The molecule has 8 heteroatoms. The number of hydrogen-bond acceptors (Lipinski definition) is 5. The predicted octanol–water partition coefficient (Wildman–Crippen LogP) is 1.37. The quantitative estimate of drug-likeness (QED) is 0.870. The van der Waals surface area contributed by atoms with Gasteiger partial charge in [0.05, 0.1) is 28.0 Å². The number of carboxylic acids is 1. The number of anilines is 1. The summed E-state index contributed by atoms with van der Waals surface area (Å²) in [5.41, 5.74) is 0.454. The molecule has 20 heavy (non-hydrogen) atoms. The number of carbonyl (C=O) groups is 2. The highest BCUT2D eigenvalue weighted by Gasteiger charge is 2.27. The van der Waals surface area contributed by atoms with E-state index in [2.05, 4.69) is 5.32 Å². The maximum atomic E-state index is 12.3. The number of fused-ring (bicyclic) bond motifs is 1. The number of amides is 1. The third-order valence-electron chi connectivity index (χ3n) is 2.90. The van der Waals surface area contributed by atoms with Crippen LogP contribution in [0.15, 0.2) is 28.0 Å². The van der Waals surface area contributed by atoms with Crippen LogP contribution in [0, 0.1) is 0 Å². The van der Waals surface area contributed by atoms with Crippen molar-refractivity contribution in [2.75, 3.05) is 11.1 Å². The molecule has 0 saturated carbocycles. The first-order valence-corrected chi connectivity index (χ1v) is 8.36. The number of carbonyl (C=O) groups excluding carboxylic acids is 1. The predicted molar refractivity (Wildman–Crippen MR) is 74.7 cm³/mol. The lowest BCUT2D eigenvalue weighted by Gasteiger charge is -2.18. The zero-order valence-corrected chi connectivity index (χ0v) is 12.3. The van der Waals surface area contributed by atoms with E-state index >= 15 is 0 Å². The summed E-state index contributed by atoms with van der Waals surface area (Å²) in [4.78, 5) is 22.8. The Morgan fingerprint density at radius 2 is 2.20 bits per heavy atom. The molecule has 0 radical (unpaired) electrons. The third kappa shape index (κ3) is 2.96. The van der Waals surface area contributed by atoms with Gasteiger partial charge in [0.15, 0.2) is 9.84 Å². The van der Waals surface area contributed by atoms with Crippen molar-refractivity contribution in [3.05, 3.63) is 18.2 Å². The van der Waals surface area contributed by atoms with Gasteiger partial charge in [-0.25, -0.2) is 8.42 Å². The van der Waals surface area contributed by atoms with E-state index in [1.165, 1.54) is 30.8 Å². The molecular weight excluding hydrogens is 302 g/mol. The molecule has 0 aromatic heterocycles. The number of hydrogen-bond donors (Lipinski definition) is 2. The lowest BCUT2D eigenvalue weighted by atomic mass is 10.3. The highest BCUT2D eigenvalue weighted by molar-refractivity contribution is 8.00. The van der Waals surface area contributed by atoms with Crippen molar-refractivity contribution in [3.63, 3.8) is 0 Å². The van der Waals surface area contributed by atoms with Gasteiger partial charge in [-0.3, -0.25) is 9.59 Å². The number of thioether (sulfide) groups is 1. The molecule has 1 aromatic rings. The molecule has 1 aliphatic rings. The van der Waals surface area contributed by atoms with Gasteiger partial charge in [0.25, 0.3) is 0 Å². The van der Waals surface area contributed by atoms with Gasteiger partial charge in [0.1, 0.15) is 0 Å².